The second-order valence-corrected chi connectivity index (χ2v) is 7.55. The molecule has 2 heterocycles. The lowest BCUT2D eigenvalue weighted by atomic mass is 9.87. The van der Waals surface area contributed by atoms with Gasteiger partial charge in [-0.1, -0.05) is 18.9 Å². The Labute approximate surface area is 152 Å². The molecule has 1 amide bonds. The molecule has 136 valence electrons. The van der Waals surface area contributed by atoms with E-state index in [1.165, 1.54) is 0 Å². The number of hydrogen-bond acceptors (Lipinski definition) is 4. The van der Waals surface area contributed by atoms with Crippen LogP contribution in [-0.2, 0) is 18.4 Å². The lowest BCUT2D eigenvalue weighted by molar-refractivity contribution is 0.0891. The Balaban J connectivity index is 1.46. The first-order valence-corrected chi connectivity index (χ1v) is 9.54. The number of aromatic nitrogens is 2. The molecule has 1 aromatic carbocycles. The zero-order valence-electron chi connectivity index (χ0n) is 14.8. The van der Waals surface area contributed by atoms with Crippen LogP contribution in [0.1, 0.15) is 65.8 Å². The zero-order chi connectivity index (χ0) is 17.6. The Bertz CT molecular complexity index is 852. The molecule has 0 atom stereocenters. The third-order valence-corrected chi connectivity index (χ3v) is 6.01. The van der Waals surface area contributed by atoms with Gasteiger partial charge in [-0.2, -0.15) is 5.10 Å². The highest BCUT2D eigenvalue weighted by atomic mass is 16.7. The van der Waals surface area contributed by atoms with Crippen molar-refractivity contribution in [3.05, 3.63) is 40.7 Å². The molecule has 0 radical (unpaired) electrons. The van der Waals surface area contributed by atoms with Gasteiger partial charge in [0.1, 0.15) is 0 Å². The van der Waals surface area contributed by atoms with E-state index in [9.17, 15) is 4.79 Å². The molecule has 6 heteroatoms. The predicted molar refractivity (Wildman–Crippen MR) is 95.4 cm³/mol. The number of H-pyrrole nitrogens is 1. The minimum Gasteiger partial charge on any atom is -0.454 e. The van der Waals surface area contributed by atoms with Crippen LogP contribution in [0.25, 0.3) is 0 Å². The molecule has 0 unspecified atom stereocenters. The van der Waals surface area contributed by atoms with E-state index in [4.69, 9.17) is 9.47 Å². The molecule has 2 aromatic rings. The molecule has 0 bridgehead atoms. The zero-order valence-corrected chi connectivity index (χ0v) is 14.8. The molecule has 5 rings (SSSR count). The highest BCUT2D eigenvalue weighted by Gasteiger charge is 2.39. The number of benzene rings is 1. The average Bonchev–Trinajstić information content (AvgIpc) is 3.40. The number of aromatic amines is 1. The van der Waals surface area contributed by atoms with Crippen molar-refractivity contribution in [2.75, 3.05) is 6.79 Å². The van der Waals surface area contributed by atoms with Crippen LogP contribution >= 0.6 is 0 Å². The van der Waals surface area contributed by atoms with Crippen molar-refractivity contribution in [2.45, 2.75) is 56.9 Å². The van der Waals surface area contributed by atoms with Crippen LogP contribution in [0.5, 0.6) is 11.5 Å². The van der Waals surface area contributed by atoms with Crippen molar-refractivity contribution in [3.63, 3.8) is 0 Å². The Kier molecular flexibility index (Phi) is 3.65. The van der Waals surface area contributed by atoms with E-state index >= 15 is 0 Å². The van der Waals surface area contributed by atoms with E-state index in [-0.39, 0.29) is 18.2 Å². The molecule has 1 fully saturated rings. The first-order valence-electron chi connectivity index (χ1n) is 9.54. The highest BCUT2D eigenvalue weighted by molar-refractivity contribution is 5.94. The van der Waals surface area contributed by atoms with Crippen molar-refractivity contribution >= 4 is 5.91 Å². The first kappa shape index (κ1) is 15.7. The number of fused-ring (bicyclic) bond motifs is 2. The predicted octanol–water partition coefficient (Wildman–Crippen LogP) is 3.22. The Morgan fingerprint density at radius 2 is 1.88 bits per heavy atom. The third-order valence-electron chi connectivity index (χ3n) is 6.01. The molecule has 3 aliphatic rings. The van der Waals surface area contributed by atoms with Gasteiger partial charge in [0.15, 0.2) is 17.2 Å². The number of hydrogen-bond donors (Lipinski definition) is 2. The summed E-state index contributed by atoms with van der Waals surface area (Å²) < 4.78 is 11.0. The van der Waals surface area contributed by atoms with Gasteiger partial charge in [-0.05, 0) is 56.2 Å². The summed E-state index contributed by atoms with van der Waals surface area (Å²) >= 11 is 0. The highest BCUT2D eigenvalue weighted by Crippen LogP contribution is 2.43. The lowest BCUT2D eigenvalue weighted by Crippen LogP contribution is -2.44. The molecular formula is C20H23N3O3. The van der Waals surface area contributed by atoms with Gasteiger partial charge in [0.05, 0.1) is 5.54 Å². The number of rotatable bonds is 3. The van der Waals surface area contributed by atoms with Gasteiger partial charge in [0, 0.05) is 11.3 Å². The summed E-state index contributed by atoms with van der Waals surface area (Å²) in [4.78, 5) is 13.1. The second-order valence-electron chi connectivity index (χ2n) is 7.55. The number of nitrogens with zero attached hydrogens (tertiary/aromatic N) is 1. The van der Waals surface area contributed by atoms with Crippen LogP contribution in [0, 0.1) is 0 Å². The molecule has 0 spiro atoms. The number of aryl methyl sites for hydroxylation is 1. The molecule has 2 N–H and O–H groups in total. The number of nitrogens with one attached hydrogen (secondary N) is 2. The lowest BCUT2D eigenvalue weighted by Gasteiger charge is -2.31. The van der Waals surface area contributed by atoms with E-state index in [2.05, 4.69) is 21.6 Å². The van der Waals surface area contributed by atoms with Gasteiger partial charge >= 0.3 is 0 Å². The third kappa shape index (κ3) is 2.47. The van der Waals surface area contributed by atoms with Gasteiger partial charge in [0.2, 0.25) is 6.79 Å². The van der Waals surface area contributed by atoms with Crippen molar-refractivity contribution < 1.29 is 14.3 Å². The fraction of sp³-hybridized carbons (Fsp3) is 0.500. The molecule has 2 aliphatic carbocycles. The molecule has 1 aromatic heterocycles. The van der Waals surface area contributed by atoms with Crippen LogP contribution in [0.3, 0.4) is 0 Å². The molecule has 1 aliphatic heterocycles. The van der Waals surface area contributed by atoms with E-state index in [0.717, 1.165) is 79.7 Å². The van der Waals surface area contributed by atoms with Crippen LogP contribution in [-0.4, -0.2) is 22.9 Å². The van der Waals surface area contributed by atoms with Gasteiger partial charge in [-0.15, -0.1) is 0 Å². The van der Waals surface area contributed by atoms with Crippen molar-refractivity contribution in [1.29, 1.82) is 0 Å². The maximum atomic E-state index is 13.1. The fourth-order valence-electron chi connectivity index (χ4n) is 4.60. The Morgan fingerprint density at radius 3 is 2.77 bits per heavy atom. The first-order chi connectivity index (χ1) is 12.8. The maximum Gasteiger partial charge on any atom is 0.272 e. The topological polar surface area (TPSA) is 76.2 Å². The molecule has 6 nitrogen and oxygen atoms in total. The SMILES string of the molecule is O=C(NC1(c2ccc3c(c2)OCO3)CCCC1)c1n[nH]c2c1CCCC2. The monoisotopic (exact) mass is 353 g/mol. The van der Waals surface area contributed by atoms with Crippen LogP contribution < -0.4 is 14.8 Å². The van der Waals surface area contributed by atoms with Crippen LogP contribution in [0.15, 0.2) is 18.2 Å². The summed E-state index contributed by atoms with van der Waals surface area (Å²) in [7, 11) is 0. The summed E-state index contributed by atoms with van der Waals surface area (Å²) in [5, 5.41) is 10.7. The van der Waals surface area contributed by atoms with Gasteiger partial charge in [-0.25, -0.2) is 0 Å². The molecular weight excluding hydrogens is 330 g/mol. The smallest absolute Gasteiger partial charge is 0.272 e. The minimum atomic E-state index is -0.349. The van der Waals surface area contributed by atoms with Gasteiger partial charge in [0.25, 0.3) is 5.91 Å². The average molecular weight is 353 g/mol. The molecule has 1 saturated carbocycles. The molecule has 26 heavy (non-hydrogen) atoms. The van der Waals surface area contributed by atoms with E-state index < -0.39 is 0 Å². The van der Waals surface area contributed by atoms with Crippen molar-refractivity contribution in [1.82, 2.24) is 15.5 Å². The summed E-state index contributed by atoms with van der Waals surface area (Å²) in [5.74, 6) is 1.47. The largest absolute Gasteiger partial charge is 0.454 e. The van der Waals surface area contributed by atoms with E-state index in [1.54, 1.807) is 0 Å². The number of amides is 1. The fourth-order valence-corrected chi connectivity index (χ4v) is 4.60. The molecule has 0 saturated heterocycles. The standard InChI is InChI=1S/C20H23N3O3/c24-19(18-14-5-1-2-6-15(14)22-23-18)21-20(9-3-4-10-20)13-7-8-16-17(11-13)26-12-25-16/h7-8,11H,1-6,9-10,12H2,(H,21,24)(H,22,23). The quantitative estimate of drug-likeness (QED) is 0.888. The Morgan fingerprint density at radius 1 is 1.08 bits per heavy atom. The van der Waals surface area contributed by atoms with Crippen molar-refractivity contribution in [2.24, 2.45) is 0 Å². The van der Waals surface area contributed by atoms with Gasteiger partial charge in [-0.3, -0.25) is 9.89 Å². The summed E-state index contributed by atoms with van der Waals surface area (Å²) in [6.45, 7) is 0.261. The van der Waals surface area contributed by atoms with E-state index in [0.29, 0.717) is 5.69 Å². The number of ether oxygens (including phenoxy) is 2. The number of carbonyl (C=O) groups is 1. The second kappa shape index (κ2) is 6.04. The minimum absolute atomic E-state index is 0.0658. The van der Waals surface area contributed by atoms with Crippen LogP contribution in [0.4, 0.5) is 0 Å². The number of carbonyl (C=O) groups excluding carboxylic acids is 1. The maximum absolute atomic E-state index is 13.1. The van der Waals surface area contributed by atoms with Gasteiger partial charge < -0.3 is 14.8 Å². The normalized spacial score (nSPS) is 20.0. The van der Waals surface area contributed by atoms with E-state index in [1.807, 2.05) is 12.1 Å². The Hall–Kier alpha value is -2.50. The summed E-state index contributed by atoms with van der Waals surface area (Å²) in [6.07, 6.45) is 8.29. The van der Waals surface area contributed by atoms with Crippen molar-refractivity contribution in [3.8, 4) is 11.5 Å². The summed E-state index contributed by atoms with van der Waals surface area (Å²) in [5.41, 5.74) is 3.56. The summed E-state index contributed by atoms with van der Waals surface area (Å²) in [6, 6.07) is 6.02. The van der Waals surface area contributed by atoms with Crippen LogP contribution in [0.2, 0.25) is 0 Å².